The fourth-order valence-corrected chi connectivity index (χ4v) is 7.17. The summed E-state index contributed by atoms with van der Waals surface area (Å²) < 4.78 is 5.44. The lowest BCUT2D eigenvalue weighted by Gasteiger charge is -2.37. The van der Waals surface area contributed by atoms with E-state index in [1.165, 1.54) is 7.11 Å². The van der Waals surface area contributed by atoms with Crippen LogP contribution in [0.15, 0.2) is 97.1 Å². The van der Waals surface area contributed by atoms with Crippen LogP contribution in [0.2, 0.25) is 5.02 Å². The van der Waals surface area contributed by atoms with E-state index in [1.54, 1.807) is 48.5 Å². The van der Waals surface area contributed by atoms with Gasteiger partial charge in [0.2, 0.25) is 5.91 Å². The van der Waals surface area contributed by atoms with E-state index in [4.69, 9.17) is 16.3 Å². The van der Waals surface area contributed by atoms with Crippen molar-refractivity contribution in [1.82, 2.24) is 0 Å². The minimum Gasteiger partial charge on any atom is -0.497 e. The Morgan fingerprint density at radius 2 is 1.69 bits per heavy atom. The molecule has 0 aliphatic carbocycles. The predicted octanol–water partition coefficient (Wildman–Crippen LogP) is 6.51. The maximum absolute atomic E-state index is 14.9. The Hall–Kier alpha value is -4.68. The summed E-state index contributed by atoms with van der Waals surface area (Å²) in [6.45, 7) is 2.01. The van der Waals surface area contributed by atoms with Crippen LogP contribution in [0.1, 0.15) is 37.4 Å². The smallest absolute Gasteiger partial charge is 0.238 e. The Morgan fingerprint density at radius 1 is 0.905 bits per heavy atom. The number of nitrogens with zero attached hydrogens (tertiary/aromatic N) is 1. The summed E-state index contributed by atoms with van der Waals surface area (Å²) in [5.74, 6) is -1.40. The first-order valence-electron chi connectivity index (χ1n) is 13.8. The Kier molecular flexibility index (Phi) is 6.06. The minimum atomic E-state index is -1.37. The number of nitrogens with one attached hydrogen (secondary N) is 1. The van der Waals surface area contributed by atoms with Gasteiger partial charge in [0.1, 0.15) is 17.2 Å². The quantitative estimate of drug-likeness (QED) is 0.275. The molecule has 0 aromatic heterocycles. The predicted molar refractivity (Wildman–Crippen MR) is 164 cm³/mol. The topological polar surface area (TPSA) is 75.7 Å². The second kappa shape index (κ2) is 9.71. The number of amides is 1. The van der Waals surface area contributed by atoms with Crippen molar-refractivity contribution in [2.45, 2.75) is 24.4 Å². The third-order valence-corrected chi connectivity index (χ3v) is 9.07. The van der Waals surface area contributed by atoms with E-state index >= 15 is 0 Å². The molecule has 42 heavy (non-hydrogen) atoms. The summed E-state index contributed by atoms with van der Waals surface area (Å²) in [6, 6.07) is 25.5. The number of ketones is 2. The van der Waals surface area contributed by atoms with Crippen LogP contribution in [0.4, 0.5) is 11.4 Å². The first kappa shape index (κ1) is 26.2. The number of hydrogen-bond donors (Lipinski definition) is 1. The van der Waals surface area contributed by atoms with Gasteiger partial charge in [0.05, 0.1) is 19.1 Å². The van der Waals surface area contributed by atoms with Gasteiger partial charge in [0, 0.05) is 27.5 Å². The van der Waals surface area contributed by atoms with Gasteiger partial charge >= 0.3 is 0 Å². The van der Waals surface area contributed by atoms with E-state index in [9.17, 15) is 14.4 Å². The van der Waals surface area contributed by atoms with Crippen LogP contribution in [0.3, 0.4) is 0 Å². The third-order valence-electron chi connectivity index (χ3n) is 8.82. The van der Waals surface area contributed by atoms with Crippen LogP contribution in [0, 0.1) is 12.8 Å². The maximum atomic E-state index is 14.9. The first-order valence-corrected chi connectivity index (χ1v) is 14.2. The van der Waals surface area contributed by atoms with Gasteiger partial charge in [0.15, 0.2) is 11.6 Å². The Bertz CT molecular complexity index is 1810. The van der Waals surface area contributed by atoms with Crippen molar-refractivity contribution in [2.75, 3.05) is 17.3 Å². The molecular formula is C35H27ClN2O4. The van der Waals surface area contributed by atoms with Gasteiger partial charge in [-0.25, -0.2) is 0 Å². The standard InChI is InChI=1S/C35H27ClN2O4/c1-20-10-16-28-22(18-20)13-17-29-35(26-8-3-4-9-27(26)37-34(35)41)30(32(39)23-6-5-7-25(19-23)42-2)31(38(28)29)33(40)21-11-14-24(36)15-12-21/h3-19,29-31H,1-2H3,(H,37,41)/t29-,30-,31+,35-/m1/s1. The molecule has 1 saturated heterocycles. The van der Waals surface area contributed by atoms with Gasteiger partial charge in [-0.1, -0.05) is 65.7 Å². The molecule has 3 heterocycles. The highest BCUT2D eigenvalue weighted by molar-refractivity contribution is 6.30. The Morgan fingerprint density at radius 3 is 2.48 bits per heavy atom. The van der Waals surface area contributed by atoms with Crippen LogP contribution >= 0.6 is 11.6 Å². The molecule has 4 aromatic rings. The van der Waals surface area contributed by atoms with E-state index in [2.05, 4.69) is 11.4 Å². The number of ether oxygens (including phenoxy) is 1. The highest BCUT2D eigenvalue weighted by Gasteiger charge is 2.70. The van der Waals surface area contributed by atoms with E-state index < -0.39 is 23.4 Å². The molecule has 1 fully saturated rings. The maximum Gasteiger partial charge on any atom is 0.238 e. The summed E-state index contributed by atoms with van der Waals surface area (Å²) in [6.07, 6.45) is 3.98. The number of benzene rings is 4. The molecule has 0 bridgehead atoms. The number of Topliss-reactive ketones (excluding diaryl/α,β-unsaturated/α-hetero) is 2. The van der Waals surface area contributed by atoms with Crippen LogP contribution in [-0.4, -0.2) is 36.7 Å². The molecule has 1 amide bonds. The molecule has 0 saturated carbocycles. The lowest BCUT2D eigenvalue weighted by molar-refractivity contribution is -0.121. The van der Waals surface area contributed by atoms with Crippen molar-refractivity contribution >= 4 is 46.5 Å². The van der Waals surface area contributed by atoms with Crippen molar-refractivity contribution in [3.8, 4) is 5.75 Å². The number of anilines is 2. The zero-order valence-corrected chi connectivity index (χ0v) is 23.8. The molecule has 1 N–H and O–H groups in total. The number of fused-ring (bicyclic) bond motifs is 6. The molecule has 0 radical (unpaired) electrons. The van der Waals surface area contributed by atoms with Crippen molar-refractivity contribution < 1.29 is 19.1 Å². The zero-order valence-electron chi connectivity index (χ0n) is 23.0. The summed E-state index contributed by atoms with van der Waals surface area (Å²) >= 11 is 6.18. The summed E-state index contributed by atoms with van der Waals surface area (Å²) in [5.41, 5.74) is 3.57. The molecular weight excluding hydrogens is 548 g/mol. The average Bonchev–Trinajstić information content (AvgIpc) is 3.49. The number of methoxy groups -OCH3 is 1. The first-order chi connectivity index (χ1) is 20.3. The molecule has 3 aliphatic rings. The monoisotopic (exact) mass is 574 g/mol. The van der Waals surface area contributed by atoms with Crippen LogP contribution < -0.4 is 15.0 Å². The lowest BCUT2D eigenvalue weighted by Crippen LogP contribution is -2.51. The number of para-hydroxylation sites is 1. The SMILES string of the molecule is COc1cccc(C(=O)[C@H]2[C@@H](C(=O)c3ccc(Cl)cc3)N3c4ccc(C)cc4C=C[C@@H]3[C@@]23C(=O)Nc2ccccc23)c1. The van der Waals surface area contributed by atoms with Crippen molar-refractivity contribution in [3.05, 3.63) is 130 Å². The molecule has 3 aliphatic heterocycles. The second-order valence-electron chi connectivity index (χ2n) is 11.0. The molecule has 0 unspecified atom stereocenters. The highest BCUT2D eigenvalue weighted by Crippen LogP contribution is 2.58. The molecule has 4 aromatic carbocycles. The van der Waals surface area contributed by atoms with Crippen LogP contribution in [-0.2, 0) is 10.2 Å². The van der Waals surface area contributed by atoms with Crippen molar-refractivity contribution in [3.63, 3.8) is 0 Å². The number of carbonyl (C=O) groups excluding carboxylic acids is 3. The number of aryl methyl sites for hydroxylation is 1. The van der Waals surface area contributed by atoms with Crippen LogP contribution in [0.5, 0.6) is 5.75 Å². The number of rotatable bonds is 5. The van der Waals surface area contributed by atoms with Gasteiger partial charge in [0.25, 0.3) is 0 Å². The Balaban J connectivity index is 1.53. The van der Waals surface area contributed by atoms with E-state index in [0.29, 0.717) is 33.1 Å². The van der Waals surface area contributed by atoms with Gasteiger partial charge < -0.3 is 15.0 Å². The van der Waals surface area contributed by atoms with Gasteiger partial charge in [-0.15, -0.1) is 0 Å². The minimum absolute atomic E-state index is 0.256. The van der Waals surface area contributed by atoms with Gasteiger partial charge in [-0.3, -0.25) is 14.4 Å². The molecule has 7 rings (SSSR count). The normalized spacial score (nSPS) is 23.3. The van der Waals surface area contributed by atoms with Crippen molar-refractivity contribution in [2.24, 2.45) is 5.92 Å². The third kappa shape index (κ3) is 3.68. The summed E-state index contributed by atoms with van der Waals surface area (Å²) in [5, 5.41) is 3.56. The van der Waals surface area contributed by atoms with Gasteiger partial charge in [-0.2, -0.15) is 0 Å². The second-order valence-corrected chi connectivity index (χ2v) is 11.5. The molecule has 6 nitrogen and oxygen atoms in total. The van der Waals surface area contributed by atoms with E-state index in [0.717, 1.165) is 16.8 Å². The number of hydrogen-bond acceptors (Lipinski definition) is 5. The molecule has 208 valence electrons. The average molecular weight is 575 g/mol. The van der Waals surface area contributed by atoms with Gasteiger partial charge in [-0.05, 0) is 72.6 Å². The van der Waals surface area contributed by atoms with E-state index in [-0.39, 0.29) is 17.5 Å². The zero-order chi connectivity index (χ0) is 29.2. The van der Waals surface area contributed by atoms with Crippen LogP contribution in [0.25, 0.3) is 6.08 Å². The molecule has 7 heteroatoms. The fourth-order valence-electron chi connectivity index (χ4n) is 7.04. The molecule has 4 atom stereocenters. The number of halogens is 1. The molecule has 1 spiro atoms. The highest BCUT2D eigenvalue weighted by atomic mass is 35.5. The Labute approximate surface area is 248 Å². The number of carbonyl (C=O) groups is 3. The van der Waals surface area contributed by atoms with Crippen molar-refractivity contribution in [1.29, 1.82) is 0 Å². The summed E-state index contributed by atoms with van der Waals surface area (Å²) in [4.78, 5) is 46.0. The van der Waals surface area contributed by atoms with E-state index in [1.807, 2.05) is 60.4 Å². The lowest BCUT2D eigenvalue weighted by atomic mass is 9.64. The summed E-state index contributed by atoms with van der Waals surface area (Å²) in [7, 11) is 1.54. The largest absolute Gasteiger partial charge is 0.497 e. The fraction of sp³-hybridized carbons (Fsp3) is 0.171.